The Labute approximate surface area is 250 Å². The maximum Gasteiger partial charge on any atom is 0.348 e. The Hall–Kier alpha value is -4.49. The van der Waals surface area contributed by atoms with Crippen LogP contribution in [0.15, 0.2) is 30.6 Å². The first-order valence-electron chi connectivity index (χ1n) is 13.0. The number of rotatable bonds is 14. The first-order chi connectivity index (χ1) is 20.4. The molecule has 0 radical (unpaired) electrons. The lowest BCUT2D eigenvalue weighted by Gasteiger charge is -2.27. The van der Waals surface area contributed by atoms with Gasteiger partial charge in [-0.05, 0) is 36.3 Å². The van der Waals surface area contributed by atoms with Gasteiger partial charge < -0.3 is 35.8 Å². The van der Waals surface area contributed by atoms with Crippen LogP contribution in [0.3, 0.4) is 0 Å². The molecule has 4 rings (SSSR count). The van der Waals surface area contributed by atoms with E-state index >= 15 is 0 Å². The van der Waals surface area contributed by atoms with Gasteiger partial charge in [-0.2, -0.15) is 9.97 Å². The molecule has 0 aliphatic carbocycles. The third kappa shape index (κ3) is 7.12. The van der Waals surface area contributed by atoms with Crippen LogP contribution in [0.2, 0.25) is 5.28 Å². The van der Waals surface area contributed by atoms with Crippen molar-refractivity contribution in [2.45, 2.75) is 30.8 Å². The normalized spacial score (nSPS) is 18.5. The minimum absolute atomic E-state index is 0.0833. The minimum Gasteiger partial charge on any atom is -0.480 e. The molecule has 1 aromatic carbocycles. The summed E-state index contributed by atoms with van der Waals surface area (Å²) >= 11 is 5.96. The Morgan fingerprint density at radius 3 is 2.58 bits per heavy atom. The first-order valence-corrected chi connectivity index (χ1v) is 13.4. The zero-order valence-electron chi connectivity index (χ0n) is 23.0. The Morgan fingerprint density at radius 1 is 1.26 bits per heavy atom. The fourth-order valence-electron chi connectivity index (χ4n) is 4.72. The summed E-state index contributed by atoms with van der Waals surface area (Å²) in [5.41, 5.74) is 4.98. The van der Waals surface area contributed by atoms with Crippen LogP contribution < -0.4 is 11.1 Å². The van der Waals surface area contributed by atoms with E-state index in [0.29, 0.717) is 35.5 Å². The Balaban J connectivity index is 1.44. The maximum absolute atomic E-state index is 12.3. The number of carbonyl (C=O) groups is 3. The van der Waals surface area contributed by atoms with Crippen molar-refractivity contribution in [3.05, 3.63) is 41.4 Å². The van der Waals surface area contributed by atoms with Crippen LogP contribution in [0.25, 0.3) is 11.2 Å². The summed E-state index contributed by atoms with van der Waals surface area (Å²) in [6, 6.07) is 6.50. The van der Waals surface area contributed by atoms with Crippen molar-refractivity contribution in [1.29, 1.82) is 0 Å². The van der Waals surface area contributed by atoms with Gasteiger partial charge in [-0.1, -0.05) is 12.1 Å². The van der Waals surface area contributed by atoms with Crippen molar-refractivity contribution in [2.24, 2.45) is 5.92 Å². The van der Waals surface area contributed by atoms with Gasteiger partial charge in [-0.15, -0.1) is 12.3 Å². The van der Waals surface area contributed by atoms with Crippen molar-refractivity contribution in [3.8, 4) is 12.3 Å². The third-order valence-electron chi connectivity index (χ3n) is 7.00. The lowest BCUT2D eigenvalue weighted by atomic mass is 9.93. The van der Waals surface area contributed by atoms with Crippen LogP contribution in [0.1, 0.15) is 18.2 Å². The Morgan fingerprint density at radius 2 is 1.95 bits per heavy atom. The van der Waals surface area contributed by atoms with E-state index in [1.54, 1.807) is 40.8 Å². The molecule has 0 unspecified atom stereocenters. The van der Waals surface area contributed by atoms with Gasteiger partial charge in [0.1, 0.15) is 11.7 Å². The van der Waals surface area contributed by atoms with Crippen LogP contribution >= 0.6 is 11.6 Å². The summed E-state index contributed by atoms with van der Waals surface area (Å²) < 4.78 is 13.3. The third-order valence-corrected chi connectivity index (χ3v) is 7.17. The summed E-state index contributed by atoms with van der Waals surface area (Å²) in [5.74, 6) is -2.15. The molecule has 0 saturated carbocycles. The lowest BCUT2D eigenvalue weighted by molar-refractivity contribution is -0.188. The molecule has 3 atom stereocenters. The highest BCUT2D eigenvalue weighted by Gasteiger charge is 2.50. The van der Waals surface area contributed by atoms with Crippen LogP contribution in [0, 0.1) is 18.3 Å². The number of nitrogens with two attached hydrogens (primary N) is 1. The molecule has 43 heavy (non-hydrogen) atoms. The van der Waals surface area contributed by atoms with Gasteiger partial charge in [-0.3, -0.25) is 14.3 Å². The maximum atomic E-state index is 12.3. The summed E-state index contributed by atoms with van der Waals surface area (Å²) in [5, 5.41) is 31.9. The number of fused-ring (bicyclic) bond motifs is 1. The Bertz CT molecular complexity index is 1530. The fraction of sp³-hybridized carbons (Fsp3) is 0.407. The fourth-order valence-corrected chi connectivity index (χ4v) is 4.89. The number of nitrogens with one attached hydrogen (secondary N) is 1. The number of hydrogen-bond acceptors (Lipinski definition) is 11. The van der Waals surface area contributed by atoms with Gasteiger partial charge in [0.25, 0.3) is 5.60 Å². The van der Waals surface area contributed by atoms with Crippen molar-refractivity contribution in [3.63, 3.8) is 0 Å². The summed E-state index contributed by atoms with van der Waals surface area (Å²) in [6.07, 6.45) is 5.45. The second-order valence-corrected chi connectivity index (χ2v) is 10.4. The van der Waals surface area contributed by atoms with E-state index in [0.717, 1.165) is 0 Å². The number of nitrogens with zero attached hydrogens (tertiary/aromatic N) is 5. The zero-order valence-corrected chi connectivity index (χ0v) is 23.8. The van der Waals surface area contributed by atoms with Crippen LogP contribution in [0.4, 0.5) is 11.5 Å². The van der Waals surface area contributed by atoms with Gasteiger partial charge in [0.15, 0.2) is 11.5 Å². The molecule has 15 nitrogen and oxygen atoms in total. The number of terminal acetylenes is 1. The molecule has 1 aliphatic heterocycles. The molecule has 0 bridgehead atoms. The Kier molecular flexibility index (Phi) is 9.66. The van der Waals surface area contributed by atoms with Crippen molar-refractivity contribution < 1.29 is 39.2 Å². The number of carboxylic acid groups (broad SMARTS) is 3. The number of hydrogen-bond donors (Lipinski definition) is 5. The van der Waals surface area contributed by atoms with Crippen LogP contribution in [-0.2, 0) is 30.3 Å². The molecule has 0 spiro atoms. The van der Waals surface area contributed by atoms with E-state index in [2.05, 4.69) is 26.2 Å². The average molecular weight is 616 g/mol. The zero-order chi connectivity index (χ0) is 31.3. The molecule has 1 fully saturated rings. The van der Waals surface area contributed by atoms with E-state index in [1.165, 1.54) is 6.33 Å². The minimum atomic E-state index is -2.62. The summed E-state index contributed by atoms with van der Waals surface area (Å²) in [4.78, 5) is 49.3. The number of ether oxygens (including phenoxy) is 2. The molecule has 228 valence electrons. The highest BCUT2D eigenvalue weighted by atomic mass is 35.5. The van der Waals surface area contributed by atoms with Gasteiger partial charge >= 0.3 is 17.9 Å². The van der Waals surface area contributed by atoms with E-state index in [-0.39, 0.29) is 24.1 Å². The molecule has 6 N–H and O–H groups in total. The molecular weight excluding hydrogens is 586 g/mol. The first kappa shape index (κ1) is 31.4. The number of aliphatic carboxylic acids is 3. The average Bonchev–Trinajstić information content (AvgIpc) is 3.55. The van der Waals surface area contributed by atoms with Gasteiger partial charge in [0, 0.05) is 31.6 Å². The SMILES string of the molecule is C#C[C@@H]1C[C@H](n2cnc3c(N)nc(Cl)nc32)O[C@@H]1COC(Cc1ccc(NCCN(C)CC(=O)O)cc1)(C(=O)O)C(=O)O. The molecule has 2 aromatic heterocycles. The molecule has 3 aromatic rings. The van der Waals surface area contributed by atoms with Crippen molar-refractivity contribution in [1.82, 2.24) is 24.4 Å². The van der Waals surface area contributed by atoms with E-state index < -0.39 is 54.8 Å². The van der Waals surface area contributed by atoms with E-state index in [1.807, 2.05) is 0 Å². The number of carboxylic acids is 3. The van der Waals surface area contributed by atoms with E-state index in [9.17, 15) is 24.6 Å². The van der Waals surface area contributed by atoms with Gasteiger partial charge in [0.05, 0.1) is 31.5 Å². The molecule has 0 amide bonds. The van der Waals surface area contributed by atoms with Crippen LogP contribution in [0.5, 0.6) is 0 Å². The number of nitrogen functional groups attached to an aromatic ring is 1. The van der Waals surface area contributed by atoms with Crippen molar-refractivity contribution in [2.75, 3.05) is 44.3 Å². The van der Waals surface area contributed by atoms with Gasteiger partial charge in [0.2, 0.25) is 5.28 Å². The topological polar surface area (TPSA) is 215 Å². The summed E-state index contributed by atoms with van der Waals surface area (Å²) in [7, 11) is 1.68. The largest absolute Gasteiger partial charge is 0.480 e. The summed E-state index contributed by atoms with van der Waals surface area (Å²) in [6.45, 7) is 0.416. The number of halogens is 1. The van der Waals surface area contributed by atoms with Gasteiger partial charge in [-0.25, -0.2) is 14.6 Å². The molecule has 1 aliphatic rings. The number of imidazole rings is 1. The second-order valence-electron chi connectivity index (χ2n) is 10.0. The second kappa shape index (κ2) is 13.2. The highest BCUT2D eigenvalue weighted by Crippen LogP contribution is 2.36. The monoisotopic (exact) mass is 615 g/mol. The predicted octanol–water partition coefficient (Wildman–Crippen LogP) is 1.19. The molecule has 1 saturated heterocycles. The standard InChI is InChI=1S/C27H30ClN7O8/c1-3-16-10-19(35-14-31-21-22(29)32-26(28)33-23(21)35)43-18(16)13-42-27(24(38)39,25(40)41)11-15-4-6-17(7-5-15)30-8-9-34(2)12-20(36)37/h1,4-7,14,16,18-19,30H,8-13H2,2H3,(H,36,37)(H,38,39)(H,40,41)(H2,29,32,33)/t16-,18-,19-/m1/s1. The van der Waals surface area contributed by atoms with E-state index in [4.69, 9.17) is 38.3 Å². The smallest absolute Gasteiger partial charge is 0.348 e. The molecule has 16 heteroatoms. The highest BCUT2D eigenvalue weighted by molar-refractivity contribution is 6.28. The predicted molar refractivity (Wildman–Crippen MR) is 153 cm³/mol. The lowest BCUT2D eigenvalue weighted by Crippen LogP contribution is -2.52. The molecular formula is C27H30ClN7O8. The molecule has 3 heterocycles. The quantitative estimate of drug-likeness (QED) is 0.0978. The van der Waals surface area contributed by atoms with Crippen molar-refractivity contribution >= 4 is 52.2 Å². The number of aromatic nitrogens is 4. The van der Waals surface area contributed by atoms with Crippen LogP contribution in [-0.4, -0.2) is 103 Å². The number of benzene rings is 1. The number of anilines is 2. The number of likely N-dealkylation sites (N-methyl/N-ethyl adjacent to an activating group) is 1.